The fourth-order valence-electron chi connectivity index (χ4n) is 1.78. The highest BCUT2D eigenvalue weighted by molar-refractivity contribution is 5.81. The largest absolute Gasteiger partial charge is 0.379 e. The molecule has 0 heterocycles. The maximum absolute atomic E-state index is 11.9. The lowest BCUT2D eigenvalue weighted by atomic mass is 10.1. The highest BCUT2D eigenvalue weighted by Crippen LogP contribution is 1.98. The molecule has 1 amide bonds. The minimum atomic E-state index is -0.119. The molecule has 0 aliphatic rings. The van der Waals surface area contributed by atoms with E-state index in [0.29, 0.717) is 12.1 Å². The number of carbonyl (C=O) groups is 1. The first-order valence-corrected chi connectivity index (χ1v) is 7.66. The normalized spacial score (nSPS) is 13.0. The van der Waals surface area contributed by atoms with Gasteiger partial charge in [0, 0.05) is 12.6 Å². The summed E-state index contributed by atoms with van der Waals surface area (Å²) < 4.78 is 5.47. The predicted molar refractivity (Wildman–Crippen MR) is 80.3 cm³/mol. The summed E-state index contributed by atoms with van der Waals surface area (Å²) in [4.78, 5) is 11.9. The molecule has 4 heteroatoms. The predicted octanol–water partition coefficient (Wildman–Crippen LogP) is 2.47. The Labute approximate surface area is 118 Å². The van der Waals surface area contributed by atoms with Gasteiger partial charge in [0.2, 0.25) is 5.91 Å². The first kappa shape index (κ1) is 18.4. The molecule has 0 saturated carbocycles. The van der Waals surface area contributed by atoms with Gasteiger partial charge in [-0.1, -0.05) is 13.8 Å². The van der Waals surface area contributed by atoms with E-state index in [0.717, 1.165) is 38.8 Å². The van der Waals surface area contributed by atoms with E-state index >= 15 is 0 Å². The molecule has 19 heavy (non-hydrogen) atoms. The number of ether oxygens (including phenoxy) is 1. The van der Waals surface area contributed by atoms with Gasteiger partial charge in [0.05, 0.1) is 12.1 Å². The first-order chi connectivity index (χ1) is 9.01. The maximum Gasteiger partial charge on any atom is 0.237 e. The molecular weight excluding hydrogens is 240 g/mol. The number of unbranched alkanes of at least 4 members (excludes halogenated alkanes) is 1. The Morgan fingerprint density at radius 2 is 1.74 bits per heavy atom. The molecule has 0 fully saturated rings. The Hall–Kier alpha value is -0.610. The van der Waals surface area contributed by atoms with Crippen LogP contribution in [0.3, 0.4) is 0 Å². The molecule has 0 bridgehead atoms. The fraction of sp³-hybridized carbons (Fsp3) is 0.933. The molecule has 1 atom stereocenters. The molecule has 0 aromatic carbocycles. The van der Waals surface area contributed by atoms with Crippen molar-refractivity contribution >= 4 is 5.91 Å². The molecule has 0 saturated heterocycles. The molecule has 4 nitrogen and oxygen atoms in total. The summed E-state index contributed by atoms with van der Waals surface area (Å²) in [6.45, 7) is 11.9. The molecule has 0 spiro atoms. The van der Waals surface area contributed by atoms with Crippen LogP contribution in [0.5, 0.6) is 0 Å². The Morgan fingerprint density at radius 3 is 2.26 bits per heavy atom. The third-order valence-electron chi connectivity index (χ3n) is 3.20. The van der Waals surface area contributed by atoms with E-state index < -0.39 is 0 Å². The van der Waals surface area contributed by atoms with Crippen molar-refractivity contribution in [3.8, 4) is 0 Å². The lowest BCUT2D eigenvalue weighted by Crippen LogP contribution is -2.46. The van der Waals surface area contributed by atoms with Crippen LogP contribution in [0.15, 0.2) is 0 Å². The second-order valence-corrected chi connectivity index (χ2v) is 5.32. The summed E-state index contributed by atoms with van der Waals surface area (Å²) in [7, 11) is 0. The molecule has 0 radical (unpaired) electrons. The van der Waals surface area contributed by atoms with Crippen LogP contribution < -0.4 is 10.6 Å². The van der Waals surface area contributed by atoms with E-state index in [1.165, 1.54) is 0 Å². The Bertz CT molecular complexity index is 228. The van der Waals surface area contributed by atoms with Gasteiger partial charge < -0.3 is 15.4 Å². The van der Waals surface area contributed by atoms with E-state index in [4.69, 9.17) is 4.74 Å². The van der Waals surface area contributed by atoms with Crippen LogP contribution in [0.1, 0.15) is 60.3 Å². The van der Waals surface area contributed by atoms with Crippen LogP contribution in [-0.4, -0.2) is 37.2 Å². The quantitative estimate of drug-likeness (QED) is 0.568. The zero-order valence-corrected chi connectivity index (χ0v) is 13.3. The molecule has 0 aromatic heterocycles. The number of rotatable bonds is 11. The number of hydrogen-bond donors (Lipinski definition) is 2. The van der Waals surface area contributed by atoms with E-state index in [-0.39, 0.29) is 11.9 Å². The van der Waals surface area contributed by atoms with Crippen LogP contribution in [0.2, 0.25) is 0 Å². The highest BCUT2D eigenvalue weighted by atomic mass is 16.5. The van der Waals surface area contributed by atoms with Gasteiger partial charge in [-0.25, -0.2) is 0 Å². The third-order valence-corrected chi connectivity index (χ3v) is 3.20. The third kappa shape index (κ3) is 9.91. The molecule has 0 aliphatic carbocycles. The summed E-state index contributed by atoms with van der Waals surface area (Å²) in [5.41, 5.74) is 0. The van der Waals surface area contributed by atoms with E-state index in [9.17, 15) is 4.79 Å². The lowest BCUT2D eigenvalue weighted by Gasteiger charge is -2.19. The molecule has 0 aliphatic heterocycles. The summed E-state index contributed by atoms with van der Waals surface area (Å²) in [5.74, 6) is 0.104. The summed E-state index contributed by atoms with van der Waals surface area (Å²) in [5, 5.41) is 6.31. The van der Waals surface area contributed by atoms with Gasteiger partial charge in [0.15, 0.2) is 0 Å². The maximum atomic E-state index is 11.9. The standard InChI is InChI=1S/C15H32N2O2/c1-6-14(7-2)17-15(18)13(5)16-10-8-9-11-19-12(3)4/h12-14,16H,6-11H2,1-5H3,(H,17,18). The van der Waals surface area contributed by atoms with Crippen molar-refractivity contribution in [1.82, 2.24) is 10.6 Å². The minimum absolute atomic E-state index is 0.104. The van der Waals surface area contributed by atoms with Crippen LogP contribution in [-0.2, 0) is 9.53 Å². The van der Waals surface area contributed by atoms with Gasteiger partial charge in [-0.15, -0.1) is 0 Å². The van der Waals surface area contributed by atoms with Crippen molar-refractivity contribution < 1.29 is 9.53 Å². The Kier molecular flexibility index (Phi) is 10.9. The van der Waals surface area contributed by atoms with Gasteiger partial charge in [0.1, 0.15) is 0 Å². The summed E-state index contributed by atoms with van der Waals surface area (Å²) >= 11 is 0. The van der Waals surface area contributed by atoms with Crippen molar-refractivity contribution in [1.29, 1.82) is 0 Å². The zero-order valence-electron chi connectivity index (χ0n) is 13.3. The van der Waals surface area contributed by atoms with Crippen LogP contribution in [0.4, 0.5) is 0 Å². The first-order valence-electron chi connectivity index (χ1n) is 7.66. The van der Waals surface area contributed by atoms with Gasteiger partial charge in [-0.3, -0.25) is 4.79 Å². The number of hydrogen-bond acceptors (Lipinski definition) is 3. The topological polar surface area (TPSA) is 50.4 Å². The van der Waals surface area contributed by atoms with Crippen molar-refractivity contribution in [2.45, 2.75) is 78.5 Å². The van der Waals surface area contributed by atoms with E-state index in [1.54, 1.807) is 0 Å². The van der Waals surface area contributed by atoms with Crippen molar-refractivity contribution in [3.63, 3.8) is 0 Å². The van der Waals surface area contributed by atoms with Gasteiger partial charge in [-0.2, -0.15) is 0 Å². The van der Waals surface area contributed by atoms with E-state index in [2.05, 4.69) is 24.5 Å². The second kappa shape index (κ2) is 11.2. The van der Waals surface area contributed by atoms with Gasteiger partial charge in [0.25, 0.3) is 0 Å². The fourth-order valence-corrected chi connectivity index (χ4v) is 1.78. The van der Waals surface area contributed by atoms with Crippen molar-refractivity contribution in [3.05, 3.63) is 0 Å². The highest BCUT2D eigenvalue weighted by Gasteiger charge is 2.14. The van der Waals surface area contributed by atoms with Crippen molar-refractivity contribution in [2.24, 2.45) is 0 Å². The molecule has 0 rings (SSSR count). The SMILES string of the molecule is CCC(CC)NC(=O)C(C)NCCCCOC(C)C. The number of nitrogens with one attached hydrogen (secondary N) is 2. The molecule has 2 N–H and O–H groups in total. The summed E-state index contributed by atoms with van der Waals surface area (Å²) in [6.07, 6.45) is 4.35. The lowest BCUT2D eigenvalue weighted by molar-refractivity contribution is -0.123. The van der Waals surface area contributed by atoms with Crippen LogP contribution in [0.25, 0.3) is 0 Å². The smallest absolute Gasteiger partial charge is 0.237 e. The van der Waals surface area contributed by atoms with Crippen molar-refractivity contribution in [2.75, 3.05) is 13.2 Å². The molecular formula is C15H32N2O2. The summed E-state index contributed by atoms with van der Waals surface area (Å²) in [6, 6.07) is 0.183. The number of amides is 1. The number of carbonyl (C=O) groups excluding carboxylic acids is 1. The van der Waals surface area contributed by atoms with E-state index in [1.807, 2.05) is 20.8 Å². The second-order valence-electron chi connectivity index (χ2n) is 5.32. The molecule has 0 aromatic rings. The van der Waals surface area contributed by atoms with Gasteiger partial charge >= 0.3 is 0 Å². The monoisotopic (exact) mass is 272 g/mol. The van der Waals surface area contributed by atoms with Gasteiger partial charge in [-0.05, 0) is 53.0 Å². The average Bonchev–Trinajstić information content (AvgIpc) is 2.38. The average molecular weight is 272 g/mol. The Balaban J connectivity index is 3.62. The molecule has 1 unspecified atom stereocenters. The zero-order chi connectivity index (χ0) is 14.7. The van der Waals surface area contributed by atoms with Crippen LogP contribution >= 0.6 is 0 Å². The van der Waals surface area contributed by atoms with Crippen LogP contribution in [0, 0.1) is 0 Å². The minimum Gasteiger partial charge on any atom is -0.379 e. The Morgan fingerprint density at radius 1 is 1.11 bits per heavy atom. The molecule has 114 valence electrons.